The highest BCUT2D eigenvalue weighted by molar-refractivity contribution is 7.20. The van der Waals surface area contributed by atoms with Gasteiger partial charge in [-0.25, -0.2) is 0 Å². The number of hydrogen-bond donors (Lipinski definition) is 1. The van der Waals surface area contributed by atoms with Crippen molar-refractivity contribution in [2.75, 3.05) is 6.54 Å². The summed E-state index contributed by atoms with van der Waals surface area (Å²) < 4.78 is 6.90. The fraction of sp³-hybridized carbons (Fsp3) is 0.316. The number of halogens is 1. The van der Waals surface area contributed by atoms with Gasteiger partial charge in [-0.1, -0.05) is 23.7 Å². The molecule has 6 nitrogen and oxygen atoms in total. The number of ether oxygens (including phenoxy) is 1. The van der Waals surface area contributed by atoms with Crippen LogP contribution in [-0.2, 0) is 16.1 Å². The zero-order valence-corrected chi connectivity index (χ0v) is 16.9. The largest absolute Gasteiger partial charge is 0.462 e. The van der Waals surface area contributed by atoms with E-state index in [9.17, 15) is 9.59 Å². The Morgan fingerprint density at radius 2 is 2.00 bits per heavy atom. The van der Waals surface area contributed by atoms with Gasteiger partial charge in [0.2, 0.25) is 0 Å². The first-order valence-corrected chi connectivity index (χ1v) is 9.72. The maximum Gasteiger partial charge on any atom is 0.325 e. The van der Waals surface area contributed by atoms with E-state index in [1.807, 2.05) is 41.9 Å². The van der Waals surface area contributed by atoms with Crippen LogP contribution in [-0.4, -0.2) is 34.3 Å². The lowest BCUT2D eigenvalue weighted by atomic mass is 10.2. The summed E-state index contributed by atoms with van der Waals surface area (Å²) >= 11 is 7.28. The fourth-order valence-electron chi connectivity index (χ4n) is 2.64. The van der Waals surface area contributed by atoms with Crippen molar-refractivity contribution in [1.29, 1.82) is 0 Å². The Morgan fingerprint density at radius 3 is 2.67 bits per heavy atom. The molecule has 0 bridgehead atoms. The van der Waals surface area contributed by atoms with Crippen LogP contribution in [0.15, 0.2) is 30.3 Å². The first-order valence-electron chi connectivity index (χ1n) is 8.52. The number of carbonyl (C=O) groups is 2. The lowest BCUT2D eigenvalue weighted by Crippen LogP contribution is -2.31. The molecule has 0 radical (unpaired) electrons. The number of aromatic nitrogens is 2. The summed E-state index contributed by atoms with van der Waals surface area (Å²) in [6.07, 6.45) is -0.208. The molecule has 3 aromatic rings. The van der Waals surface area contributed by atoms with Crippen LogP contribution in [0.25, 0.3) is 10.2 Å². The number of rotatable bonds is 6. The van der Waals surface area contributed by atoms with E-state index in [-0.39, 0.29) is 18.6 Å². The Kier molecular flexibility index (Phi) is 5.82. The van der Waals surface area contributed by atoms with Gasteiger partial charge in [0.1, 0.15) is 11.4 Å². The van der Waals surface area contributed by atoms with Crippen molar-refractivity contribution in [3.63, 3.8) is 0 Å². The Labute approximate surface area is 166 Å². The van der Waals surface area contributed by atoms with Gasteiger partial charge in [0.05, 0.1) is 23.2 Å². The summed E-state index contributed by atoms with van der Waals surface area (Å²) in [5.41, 5.74) is 1.92. The van der Waals surface area contributed by atoms with Gasteiger partial charge < -0.3 is 10.1 Å². The maximum absolute atomic E-state index is 12.4. The molecule has 8 heteroatoms. The Bertz CT molecular complexity index is 976. The normalized spacial score (nSPS) is 11.1. The van der Waals surface area contributed by atoms with Crippen molar-refractivity contribution in [1.82, 2.24) is 15.1 Å². The number of nitrogens with one attached hydrogen (secondary N) is 1. The molecule has 27 heavy (non-hydrogen) atoms. The van der Waals surface area contributed by atoms with Gasteiger partial charge >= 0.3 is 5.97 Å². The van der Waals surface area contributed by atoms with E-state index in [1.54, 1.807) is 13.8 Å². The minimum Gasteiger partial charge on any atom is -0.462 e. The molecule has 3 rings (SSSR count). The monoisotopic (exact) mass is 405 g/mol. The molecular formula is C19H20ClN3O3S. The molecule has 0 atom stereocenters. The number of thiophene rings is 1. The van der Waals surface area contributed by atoms with Gasteiger partial charge in [0.25, 0.3) is 5.91 Å². The van der Waals surface area contributed by atoms with Crippen LogP contribution in [0, 0.1) is 6.92 Å². The first kappa shape index (κ1) is 19.4. The number of nitrogens with zero attached hydrogens (tertiary/aromatic N) is 2. The number of hydrogen-bond acceptors (Lipinski definition) is 5. The molecule has 2 aromatic heterocycles. The summed E-state index contributed by atoms with van der Waals surface area (Å²) in [5, 5.41) is 8.79. The average Bonchev–Trinajstić information content (AvgIpc) is 3.16. The third-order valence-electron chi connectivity index (χ3n) is 3.84. The second-order valence-corrected chi connectivity index (χ2v) is 7.89. The second-order valence-electron chi connectivity index (χ2n) is 6.42. The summed E-state index contributed by atoms with van der Waals surface area (Å²) in [6.45, 7) is 5.88. The van der Waals surface area contributed by atoms with Crippen molar-refractivity contribution >= 4 is 45.0 Å². The number of amides is 1. The van der Waals surface area contributed by atoms with Crippen LogP contribution in [0.2, 0.25) is 5.02 Å². The fourth-order valence-corrected chi connectivity index (χ4v) is 3.84. The first-order chi connectivity index (χ1) is 12.8. The van der Waals surface area contributed by atoms with E-state index >= 15 is 0 Å². The van der Waals surface area contributed by atoms with Gasteiger partial charge in [-0.2, -0.15) is 5.10 Å². The van der Waals surface area contributed by atoms with Gasteiger partial charge in [-0.15, -0.1) is 11.3 Å². The molecule has 2 heterocycles. The van der Waals surface area contributed by atoms with Gasteiger partial charge in [-0.3, -0.25) is 14.3 Å². The summed E-state index contributed by atoms with van der Waals surface area (Å²) in [6, 6.07) is 9.39. The van der Waals surface area contributed by atoms with Crippen LogP contribution in [0.3, 0.4) is 0 Å². The van der Waals surface area contributed by atoms with Crippen LogP contribution in [0.1, 0.15) is 34.8 Å². The number of esters is 1. The Morgan fingerprint density at radius 1 is 1.30 bits per heavy atom. The summed E-state index contributed by atoms with van der Waals surface area (Å²) in [5.74, 6) is -0.751. The minimum atomic E-state index is -0.454. The van der Waals surface area contributed by atoms with Crippen molar-refractivity contribution in [2.24, 2.45) is 0 Å². The van der Waals surface area contributed by atoms with E-state index in [2.05, 4.69) is 10.4 Å². The van der Waals surface area contributed by atoms with E-state index < -0.39 is 5.97 Å². The highest BCUT2D eigenvalue weighted by Crippen LogP contribution is 2.29. The van der Waals surface area contributed by atoms with Crippen LogP contribution in [0.5, 0.6) is 0 Å². The van der Waals surface area contributed by atoms with Gasteiger partial charge in [-0.05, 0) is 44.5 Å². The van der Waals surface area contributed by atoms with Crippen molar-refractivity contribution in [3.05, 3.63) is 51.5 Å². The predicted octanol–water partition coefficient (Wildman–Crippen LogP) is 3.79. The Hall–Kier alpha value is -2.38. The van der Waals surface area contributed by atoms with Crippen molar-refractivity contribution in [2.45, 2.75) is 33.4 Å². The average molecular weight is 406 g/mol. The smallest absolute Gasteiger partial charge is 0.325 e. The van der Waals surface area contributed by atoms with Crippen LogP contribution in [0.4, 0.5) is 0 Å². The third kappa shape index (κ3) is 4.67. The lowest BCUT2D eigenvalue weighted by molar-refractivity contribution is -0.146. The quantitative estimate of drug-likeness (QED) is 0.633. The van der Waals surface area contributed by atoms with Crippen LogP contribution >= 0.6 is 22.9 Å². The molecule has 0 saturated heterocycles. The number of benzene rings is 1. The van der Waals surface area contributed by atoms with E-state index in [4.69, 9.17) is 16.3 Å². The zero-order chi connectivity index (χ0) is 19.6. The molecular weight excluding hydrogens is 386 g/mol. The standard InChI is InChI=1S/C19H20ClN3O3S/c1-11(2)26-17(24)9-21-18(25)16-8-15-12(3)22-23(19(15)27-16)10-13-4-6-14(20)7-5-13/h4-8,11H,9-10H2,1-3H3,(H,21,25). The highest BCUT2D eigenvalue weighted by Gasteiger charge is 2.17. The molecule has 1 amide bonds. The predicted molar refractivity (Wildman–Crippen MR) is 106 cm³/mol. The van der Waals surface area contributed by atoms with E-state index in [1.165, 1.54) is 11.3 Å². The topological polar surface area (TPSA) is 73.2 Å². The zero-order valence-electron chi connectivity index (χ0n) is 15.3. The highest BCUT2D eigenvalue weighted by atomic mass is 35.5. The van der Waals surface area contributed by atoms with E-state index in [0.717, 1.165) is 21.5 Å². The molecule has 0 aliphatic rings. The molecule has 1 aromatic carbocycles. The summed E-state index contributed by atoms with van der Waals surface area (Å²) in [7, 11) is 0. The maximum atomic E-state index is 12.4. The molecule has 1 N–H and O–H groups in total. The molecule has 142 valence electrons. The van der Waals surface area contributed by atoms with E-state index in [0.29, 0.717) is 16.4 Å². The molecule has 0 aliphatic heterocycles. The second kappa shape index (κ2) is 8.10. The Balaban J connectivity index is 1.76. The molecule has 0 spiro atoms. The SMILES string of the molecule is Cc1nn(Cc2ccc(Cl)cc2)c2sc(C(=O)NCC(=O)OC(C)C)cc12. The van der Waals surface area contributed by atoms with Gasteiger partial charge in [0.15, 0.2) is 0 Å². The third-order valence-corrected chi connectivity index (χ3v) is 5.24. The lowest BCUT2D eigenvalue weighted by Gasteiger charge is -2.08. The number of fused-ring (bicyclic) bond motifs is 1. The molecule has 0 unspecified atom stereocenters. The van der Waals surface area contributed by atoms with Crippen molar-refractivity contribution < 1.29 is 14.3 Å². The van der Waals surface area contributed by atoms with Gasteiger partial charge in [0, 0.05) is 10.4 Å². The minimum absolute atomic E-state index is 0.152. The molecule has 0 saturated carbocycles. The molecule has 0 aliphatic carbocycles. The number of carbonyl (C=O) groups excluding carboxylic acids is 2. The van der Waals surface area contributed by atoms with Crippen molar-refractivity contribution in [3.8, 4) is 0 Å². The number of aryl methyl sites for hydroxylation is 1. The van der Waals surface area contributed by atoms with Crippen LogP contribution < -0.4 is 5.32 Å². The summed E-state index contributed by atoms with van der Waals surface area (Å²) in [4.78, 5) is 25.4. The molecule has 0 fully saturated rings.